The SMILES string of the molecule is OC(Cc1ccnc2ccccc12)c1cc2c(s1)CCC2. The predicted molar refractivity (Wildman–Crippen MR) is 86.8 cm³/mol. The van der Waals surface area contributed by atoms with Gasteiger partial charge in [0.15, 0.2) is 0 Å². The normalized spacial score (nSPS) is 15.3. The van der Waals surface area contributed by atoms with Gasteiger partial charge in [-0.15, -0.1) is 11.3 Å². The zero-order valence-electron chi connectivity index (χ0n) is 11.7. The molecule has 0 saturated heterocycles. The van der Waals surface area contributed by atoms with Crippen LogP contribution in [0.1, 0.15) is 33.4 Å². The van der Waals surface area contributed by atoms with E-state index in [1.165, 1.54) is 35.3 Å². The van der Waals surface area contributed by atoms with Gasteiger partial charge in [0.05, 0.1) is 11.6 Å². The topological polar surface area (TPSA) is 33.1 Å². The van der Waals surface area contributed by atoms with Gasteiger partial charge in [-0.05, 0) is 48.6 Å². The summed E-state index contributed by atoms with van der Waals surface area (Å²) >= 11 is 1.79. The molecule has 2 heterocycles. The minimum absolute atomic E-state index is 0.411. The fourth-order valence-electron chi connectivity index (χ4n) is 3.16. The van der Waals surface area contributed by atoms with E-state index in [0.717, 1.165) is 15.8 Å². The predicted octanol–water partition coefficient (Wildman–Crippen LogP) is 4.06. The molecule has 21 heavy (non-hydrogen) atoms. The maximum Gasteiger partial charge on any atom is 0.0922 e. The van der Waals surface area contributed by atoms with Gasteiger partial charge in [0, 0.05) is 27.8 Å². The van der Waals surface area contributed by atoms with Crippen molar-refractivity contribution in [2.75, 3.05) is 0 Å². The Morgan fingerprint density at radius 3 is 3.00 bits per heavy atom. The van der Waals surface area contributed by atoms with Crippen molar-refractivity contribution in [3.63, 3.8) is 0 Å². The van der Waals surface area contributed by atoms with E-state index in [1.807, 2.05) is 30.5 Å². The van der Waals surface area contributed by atoms with Crippen molar-refractivity contribution >= 4 is 22.2 Å². The number of pyridine rings is 1. The number of aromatic nitrogens is 1. The highest BCUT2D eigenvalue weighted by Gasteiger charge is 2.19. The van der Waals surface area contributed by atoms with E-state index in [4.69, 9.17) is 0 Å². The van der Waals surface area contributed by atoms with Gasteiger partial charge in [-0.2, -0.15) is 0 Å². The first kappa shape index (κ1) is 13.0. The number of nitrogens with zero attached hydrogens (tertiary/aromatic N) is 1. The van der Waals surface area contributed by atoms with Crippen molar-refractivity contribution in [3.05, 3.63) is 63.5 Å². The summed E-state index contributed by atoms with van der Waals surface area (Å²) < 4.78 is 0. The average Bonchev–Trinajstić information content (AvgIpc) is 3.09. The highest BCUT2D eigenvalue weighted by Crippen LogP contribution is 2.35. The van der Waals surface area contributed by atoms with Crippen LogP contribution >= 0.6 is 11.3 Å². The summed E-state index contributed by atoms with van der Waals surface area (Å²) in [6, 6.07) is 12.4. The van der Waals surface area contributed by atoms with Crippen LogP contribution in [0.15, 0.2) is 42.6 Å². The fraction of sp³-hybridized carbons (Fsp3) is 0.278. The molecule has 106 valence electrons. The van der Waals surface area contributed by atoms with E-state index in [2.05, 4.69) is 17.1 Å². The Hall–Kier alpha value is -1.71. The van der Waals surface area contributed by atoms with Crippen LogP contribution in [-0.4, -0.2) is 10.1 Å². The lowest BCUT2D eigenvalue weighted by Gasteiger charge is -2.11. The summed E-state index contributed by atoms with van der Waals surface area (Å²) in [6.07, 6.45) is 5.71. The molecule has 1 aromatic carbocycles. The highest BCUT2D eigenvalue weighted by atomic mass is 32.1. The molecular weight excluding hydrogens is 278 g/mol. The summed E-state index contributed by atoms with van der Waals surface area (Å²) in [5.41, 5.74) is 3.62. The molecule has 1 aliphatic rings. The first-order chi connectivity index (χ1) is 10.3. The Labute approximate surface area is 128 Å². The summed E-state index contributed by atoms with van der Waals surface area (Å²) in [4.78, 5) is 6.97. The van der Waals surface area contributed by atoms with Crippen LogP contribution in [0.5, 0.6) is 0 Å². The monoisotopic (exact) mass is 295 g/mol. The third kappa shape index (κ3) is 2.37. The second-order valence-corrected chi connectivity index (χ2v) is 6.83. The number of fused-ring (bicyclic) bond motifs is 2. The quantitative estimate of drug-likeness (QED) is 0.790. The number of hydrogen-bond donors (Lipinski definition) is 1. The Balaban J connectivity index is 1.64. The molecular formula is C18H17NOS. The minimum atomic E-state index is -0.411. The molecule has 0 radical (unpaired) electrons. The first-order valence-electron chi connectivity index (χ1n) is 7.43. The highest BCUT2D eigenvalue weighted by molar-refractivity contribution is 7.12. The number of aliphatic hydroxyl groups is 1. The number of benzene rings is 1. The lowest BCUT2D eigenvalue weighted by atomic mass is 10.0. The molecule has 2 nitrogen and oxygen atoms in total. The van der Waals surface area contributed by atoms with Crippen LogP contribution in [0.4, 0.5) is 0 Å². The Morgan fingerprint density at radius 2 is 2.10 bits per heavy atom. The third-order valence-electron chi connectivity index (χ3n) is 4.25. The van der Waals surface area contributed by atoms with Crippen LogP contribution in [-0.2, 0) is 19.3 Å². The zero-order valence-corrected chi connectivity index (χ0v) is 12.6. The summed E-state index contributed by atoms with van der Waals surface area (Å²) in [6.45, 7) is 0. The maximum absolute atomic E-state index is 10.6. The summed E-state index contributed by atoms with van der Waals surface area (Å²) in [5, 5.41) is 11.7. The van der Waals surface area contributed by atoms with Crippen LogP contribution in [0, 0.1) is 0 Å². The fourth-order valence-corrected chi connectivity index (χ4v) is 4.40. The first-order valence-corrected chi connectivity index (χ1v) is 8.25. The van der Waals surface area contributed by atoms with Gasteiger partial charge in [0.2, 0.25) is 0 Å². The van der Waals surface area contributed by atoms with Crippen molar-refractivity contribution in [1.29, 1.82) is 0 Å². The van der Waals surface area contributed by atoms with Crippen LogP contribution in [0.25, 0.3) is 10.9 Å². The van der Waals surface area contributed by atoms with Crippen molar-refractivity contribution in [2.24, 2.45) is 0 Å². The zero-order chi connectivity index (χ0) is 14.2. The molecule has 0 spiro atoms. The van der Waals surface area contributed by atoms with Crippen LogP contribution in [0.3, 0.4) is 0 Å². The summed E-state index contributed by atoms with van der Waals surface area (Å²) in [5.74, 6) is 0. The molecule has 1 atom stereocenters. The van der Waals surface area contributed by atoms with E-state index >= 15 is 0 Å². The van der Waals surface area contributed by atoms with Gasteiger partial charge in [-0.3, -0.25) is 4.98 Å². The molecule has 0 bridgehead atoms. The van der Waals surface area contributed by atoms with Gasteiger partial charge >= 0.3 is 0 Å². The standard InChI is InChI=1S/C18H17NOS/c20-16(18-11-13-4-3-7-17(13)21-18)10-12-8-9-19-15-6-2-1-5-14(12)15/h1-2,5-6,8-9,11,16,20H,3-4,7,10H2. The molecule has 0 aliphatic heterocycles. The Bertz CT molecular complexity index is 766. The number of rotatable bonds is 3. The maximum atomic E-state index is 10.6. The average molecular weight is 295 g/mol. The van der Waals surface area contributed by atoms with E-state index in [-0.39, 0.29) is 0 Å². The second-order valence-electron chi connectivity index (χ2n) is 5.66. The molecule has 1 unspecified atom stereocenters. The largest absolute Gasteiger partial charge is 0.387 e. The van der Waals surface area contributed by atoms with E-state index in [1.54, 1.807) is 11.3 Å². The minimum Gasteiger partial charge on any atom is -0.387 e. The molecule has 0 amide bonds. The van der Waals surface area contributed by atoms with Crippen molar-refractivity contribution in [3.8, 4) is 0 Å². The van der Waals surface area contributed by atoms with E-state index in [0.29, 0.717) is 6.42 Å². The van der Waals surface area contributed by atoms with Crippen LogP contribution < -0.4 is 0 Å². The van der Waals surface area contributed by atoms with E-state index in [9.17, 15) is 5.11 Å². The molecule has 2 aromatic heterocycles. The van der Waals surface area contributed by atoms with Gasteiger partial charge in [-0.1, -0.05) is 18.2 Å². The Kier molecular flexibility index (Phi) is 3.24. The van der Waals surface area contributed by atoms with Gasteiger partial charge in [0.25, 0.3) is 0 Å². The molecule has 4 rings (SSSR count). The number of aryl methyl sites for hydroxylation is 2. The summed E-state index contributed by atoms with van der Waals surface area (Å²) in [7, 11) is 0. The smallest absolute Gasteiger partial charge is 0.0922 e. The number of hydrogen-bond acceptors (Lipinski definition) is 3. The second kappa shape index (κ2) is 5.24. The van der Waals surface area contributed by atoms with Gasteiger partial charge in [-0.25, -0.2) is 0 Å². The number of aliphatic hydroxyl groups excluding tert-OH is 1. The molecule has 0 saturated carbocycles. The lowest BCUT2D eigenvalue weighted by molar-refractivity contribution is 0.182. The molecule has 3 heteroatoms. The lowest BCUT2D eigenvalue weighted by Crippen LogP contribution is -2.01. The molecule has 1 N–H and O–H groups in total. The van der Waals surface area contributed by atoms with Crippen molar-refractivity contribution in [2.45, 2.75) is 31.8 Å². The molecule has 1 aliphatic carbocycles. The Morgan fingerprint density at radius 1 is 1.19 bits per heavy atom. The molecule has 0 fully saturated rings. The van der Waals surface area contributed by atoms with Gasteiger partial charge < -0.3 is 5.11 Å². The number of para-hydroxylation sites is 1. The third-order valence-corrected chi connectivity index (χ3v) is 5.59. The van der Waals surface area contributed by atoms with Crippen molar-refractivity contribution < 1.29 is 5.11 Å². The molecule has 3 aromatic rings. The van der Waals surface area contributed by atoms with Crippen LogP contribution in [0.2, 0.25) is 0 Å². The van der Waals surface area contributed by atoms with Gasteiger partial charge in [0.1, 0.15) is 0 Å². The van der Waals surface area contributed by atoms with Crippen molar-refractivity contribution in [1.82, 2.24) is 4.98 Å². The number of thiophene rings is 1. The van der Waals surface area contributed by atoms with E-state index < -0.39 is 6.10 Å².